The Morgan fingerprint density at radius 1 is 1.07 bits per heavy atom. The van der Waals surface area contributed by atoms with Crippen LogP contribution in [0.1, 0.15) is 39.2 Å². The van der Waals surface area contributed by atoms with Crippen LogP contribution in [0.2, 0.25) is 0 Å². The molecule has 0 saturated heterocycles. The van der Waals surface area contributed by atoms with Gasteiger partial charge in [0.1, 0.15) is 5.75 Å². The summed E-state index contributed by atoms with van der Waals surface area (Å²) in [5, 5.41) is 2.75. The van der Waals surface area contributed by atoms with Gasteiger partial charge in [0, 0.05) is 17.0 Å². The van der Waals surface area contributed by atoms with Gasteiger partial charge in [0.2, 0.25) is 5.91 Å². The molecule has 0 fully saturated rings. The van der Waals surface area contributed by atoms with Gasteiger partial charge in [0.05, 0.1) is 6.61 Å². The van der Waals surface area contributed by atoms with Gasteiger partial charge in [-0.1, -0.05) is 44.7 Å². The first-order valence-corrected chi connectivity index (χ1v) is 9.70. The van der Waals surface area contributed by atoms with Crippen LogP contribution >= 0.6 is 11.8 Å². The molecule has 0 unspecified atom stereocenters. The summed E-state index contributed by atoms with van der Waals surface area (Å²) in [5.74, 6) is -1.79. The van der Waals surface area contributed by atoms with E-state index in [0.29, 0.717) is 41.8 Å². The Labute approximate surface area is 163 Å². The average molecular weight is 393 g/mol. The van der Waals surface area contributed by atoms with Crippen molar-refractivity contribution in [3.05, 3.63) is 54.1 Å². The summed E-state index contributed by atoms with van der Waals surface area (Å²) >= 11 is 0.480. The Kier molecular flexibility index (Phi) is 7.66. The van der Waals surface area contributed by atoms with Crippen molar-refractivity contribution in [3.63, 3.8) is 0 Å². The quantitative estimate of drug-likeness (QED) is 0.435. The standard InChI is InChI=1S/C21H25F2NO2S/c1-21(2,3)15-6-10-17(11-7-15)26-14-4-5-19(25)24-16-8-12-18(13-9-16)27-20(22)23/h6-13,20H,4-5,14H2,1-3H3,(H,24,25). The molecule has 2 rings (SSSR count). The Bertz CT molecular complexity index is 725. The summed E-state index contributed by atoms with van der Waals surface area (Å²) in [6.07, 6.45) is 0.916. The molecule has 0 aliphatic heterocycles. The number of ether oxygens (including phenoxy) is 1. The fourth-order valence-corrected chi connectivity index (χ4v) is 2.92. The van der Waals surface area contributed by atoms with Gasteiger partial charge < -0.3 is 10.1 Å². The van der Waals surface area contributed by atoms with Gasteiger partial charge in [0.25, 0.3) is 5.76 Å². The molecule has 0 atom stereocenters. The second-order valence-electron chi connectivity index (χ2n) is 7.18. The first kappa shape index (κ1) is 21.2. The number of alkyl halides is 2. The third-order valence-electron chi connectivity index (χ3n) is 3.90. The molecule has 0 aromatic heterocycles. The normalized spacial score (nSPS) is 11.5. The van der Waals surface area contributed by atoms with Crippen molar-refractivity contribution in [2.75, 3.05) is 11.9 Å². The monoisotopic (exact) mass is 393 g/mol. The van der Waals surface area contributed by atoms with Gasteiger partial charge in [-0.2, -0.15) is 8.78 Å². The zero-order valence-corrected chi connectivity index (χ0v) is 16.6. The third-order valence-corrected chi connectivity index (χ3v) is 4.62. The highest BCUT2D eigenvalue weighted by molar-refractivity contribution is 7.99. The molecule has 0 heterocycles. The Morgan fingerprint density at radius 3 is 2.26 bits per heavy atom. The van der Waals surface area contributed by atoms with Gasteiger partial charge in [-0.15, -0.1) is 0 Å². The number of rotatable bonds is 8. The van der Waals surface area contributed by atoms with Crippen molar-refractivity contribution < 1.29 is 18.3 Å². The molecule has 1 amide bonds. The van der Waals surface area contributed by atoms with E-state index in [-0.39, 0.29) is 11.3 Å². The number of carbonyl (C=O) groups is 1. The zero-order chi connectivity index (χ0) is 19.9. The summed E-state index contributed by atoms with van der Waals surface area (Å²) in [6.45, 7) is 6.93. The Morgan fingerprint density at radius 2 is 1.70 bits per heavy atom. The van der Waals surface area contributed by atoms with E-state index in [1.54, 1.807) is 24.3 Å². The smallest absolute Gasteiger partial charge is 0.288 e. The van der Waals surface area contributed by atoms with E-state index in [4.69, 9.17) is 4.74 Å². The molecule has 0 bridgehead atoms. The van der Waals surface area contributed by atoms with E-state index in [1.165, 1.54) is 5.56 Å². The number of nitrogens with one attached hydrogen (secondary N) is 1. The summed E-state index contributed by atoms with van der Waals surface area (Å²) in [6, 6.07) is 14.4. The molecule has 0 radical (unpaired) electrons. The van der Waals surface area contributed by atoms with Gasteiger partial charge in [-0.25, -0.2) is 0 Å². The molecule has 27 heavy (non-hydrogen) atoms. The minimum Gasteiger partial charge on any atom is -0.494 e. The molecular weight excluding hydrogens is 368 g/mol. The number of amides is 1. The largest absolute Gasteiger partial charge is 0.494 e. The van der Waals surface area contributed by atoms with E-state index < -0.39 is 5.76 Å². The van der Waals surface area contributed by atoms with E-state index >= 15 is 0 Å². The molecule has 0 spiro atoms. The lowest BCUT2D eigenvalue weighted by Gasteiger charge is -2.19. The van der Waals surface area contributed by atoms with Crippen molar-refractivity contribution >= 4 is 23.4 Å². The summed E-state index contributed by atoms with van der Waals surface area (Å²) in [4.78, 5) is 12.4. The van der Waals surface area contributed by atoms with Gasteiger partial charge in [-0.05, 0) is 53.8 Å². The van der Waals surface area contributed by atoms with Crippen LogP contribution in [0.25, 0.3) is 0 Å². The maximum atomic E-state index is 12.3. The fourth-order valence-electron chi connectivity index (χ4n) is 2.42. The lowest BCUT2D eigenvalue weighted by Crippen LogP contribution is -2.13. The van der Waals surface area contributed by atoms with Crippen LogP contribution < -0.4 is 10.1 Å². The van der Waals surface area contributed by atoms with Crippen molar-refractivity contribution in [2.45, 2.75) is 49.7 Å². The van der Waals surface area contributed by atoms with E-state index in [1.807, 2.05) is 12.1 Å². The zero-order valence-electron chi connectivity index (χ0n) is 15.8. The van der Waals surface area contributed by atoms with Crippen LogP contribution in [-0.2, 0) is 10.2 Å². The Balaban J connectivity index is 1.70. The van der Waals surface area contributed by atoms with Crippen LogP contribution in [0.3, 0.4) is 0 Å². The highest BCUT2D eigenvalue weighted by Gasteiger charge is 2.13. The number of benzene rings is 2. The van der Waals surface area contributed by atoms with Crippen LogP contribution in [0.4, 0.5) is 14.5 Å². The lowest BCUT2D eigenvalue weighted by molar-refractivity contribution is -0.116. The molecular formula is C21H25F2NO2S. The molecule has 0 aliphatic rings. The van der Waals surface area contributed by atoms with Crippen LogP contribution in [-0.4, -0.2) is 18.3 Å². The molecule has 2 aromatic carbocycles. The van der Waals surface area contributed by atoms with Crippen LogP contribution in [0.15, 0.2) is 53.4 Å². The molecule has 2 aromatic rings. The minimum atomic E-state index is -2.45. The minimum absolute atomic E-state index is 0.104. The maximum absolute atomic E-state index is 12.3. The number of anilines is 1. The van der Waals surface area contributed by atoms with Crippen molar-refractivity contribution in [3.8, 4) is 5.75 Å². The van der Waals surface area contributed by atoms with E-state index in [2.05, 4.69) is 38.2 Å². The third kappa shape index (κ3) is 7.59. The fraction of sp³-hybridized carbons (Fsp3) is 0.381. The maximum Gasteiger partial charge on any atom is 0.288 e. The van der Waals surface area contributed by atoms with Gasteiger partial charge >= 0.3 is 0 Å². The number of hydrogen-bond acceptors (Lipinski definition) is 3. The van der Waals surface area contributed by atoms with Crippen molar-refractivity contribution in [2.24, 2.45) is 0 Å². The predicted molar refractivity (Wildman–Crippen MR) is 107 cm³/mol. The van der Waals surface area contributed by atoms with Crippen molar-refractivity contribution in [1.82, 2.24) is 0 Å². The van der Waals surface area contributed by atoms with Crippen molar-refractivity contribution in [1.29, 1.82) is 0 Å². The lowest BCUT2D eigenvalue weighted by atomic mass is 9.87. The van der Waals surface area contributed by atoms with E-state index in [0.717, 1.165) is 5.75 Å². The number of carbonyl (C=O) groups excluding carboxylic acids is 1. The predicted octanol–water partition coefficient (Wildman–Crippen LogP) is 6.10. The topological polar surface area (TPSA) is 38.3 Å². The second-order valence-corrected chi connectivity index (χ2v) is 8.24. The number of hydrogen-bond donors (Lipinski definition) is 1. The number of halogens is 2. The SMILES string of the molecule is CC(C)(C)c1ccc(OCCCC(=O)Nc2ccc(SC(F)F)cc2)cc1. The summed E-state index contributed by atoms with van der Waals surface area (Å²) in [7, 11) is 0. The van der Waals surface area contributed by atoms with Gasteiger partial charge in [-0.3, -0.25) is 4.79 Å². The first-order chi connectivity index (χ1) is 12.7. The summed E-state index contributed by atoms with van der Waals surface area (Å²) in [5.41, 5.74) is 1.94. The average Bonchev–Trinajstić information content (AvgIpc) is 2.60. The Hall–Kier alpha value is -2.08. The molecule has 146 valence electrons. The number of thioether (sulfide) groups is 1. The highest BCUT2D eigenvalue weighted by Crippen LogP contribution is 2.26. The van der Waals surface area contributed by atoms with Crippen LogP contribution in [0.5, 0.6) is 5.75 Å². The molecule has 0 aliphatic carbocycles. The second kappa shape index (κ2) is 9.74. The molecule has 6 heteroatoms. The first-order valence-electron chi connectivity index (χ1n) is 8.82. The van der Waals surface area contributed by atoms with E-state index in [9.17, 15) is 13.6 Å². The summed E-state index contributed by atoms with van der Waals surface area (Å²) < 4.78 is 30.2. The van der Waals surface area contributed by atoms with Gasteiger partial charge in [0.15, 0.2) is 0 Å². The molecule has 0 saturated carbocycles. The molecule has 1 N–H and O–H groups in total. The highest BCUT2D eigenvalue weighted by atomic mass is 32.2. The van der Waals surface area contributed by atoms with Crippen LogP contribution in [0, 0.1) is 0 Å². The molecule has 3 nitrogen and oxygen atoms in total.